The van der Waals surface area contributed by atoms with E-state index in [1.807, 2.05) is 39.8 Å². The minimum atomic E-state index is -3.79. The molecule has 0 aliphatic heterocycles. The summed E-state index contributed by atoms with van der Waals surface area (Å²) in [5.41, 5.74) is 3.73. The fourth-order valence-electron chi connectivity index (χ4n) is 1.83. The van der Waals surface area contributed by atoms with Crippen molar-refractivity contribution in [1.29, 1.82) is 0 Å². The van der Waals surface area contributed by atoms with E-state index in [9.17, 15) is 8.42 Å². The number of aryl methyl sites for hydroxylation is 4. The summed E-state index contributed by atoms with van der Waals surface area (Å²) in [6, 6.07) is 10.5. The molecular formula is C16H18O3S. The van der Waals surface area contributed by atoms with Crippen LogP contribution in [0.1, 0.15) is 22.3 Å². The maximum Gasteiger partial charge on any atom is 0.339 e. The first kappa shape index (κ1) is 14.6. The van der Waals surface area contributed by atoms with Gasteiger partial charge in [0.25, 0.3) is 0 Å². The van der Waals surface area contributed by atoms with Crippen LogP contribution in [-0.4, -0.2) is 8.42 Å². The van der Waals surface area contributed by atoms with Crippen molar-refractivity contribution >= 4 is 10.1 Å². The van der Waals surface area contributed by atoms with Crippen LogP contribution >= 0.6 is 0 Å². The summed E-state index contributed by atoms with van der Waals surface area (Å²) < 4.78 is 29.9. The highest BCUT2D eigenvalue weighted by Gasteiger charge is 2.18. The molecule has 0 aromatic heterocycles. The fourth-order valence-corrected chi connectivity index (χ4v) is 2.90. The third kappa shape index (κ3) is 3.02. The van der Waals surface area contributed by atoms with Crippen molar-refractivity contribution in [3.8, 4) is 5.75 Å². The predicted molar refractivity (Wildman–Crippen MR) is 79.6 cm³/mol. The summed E-state index contributed by atoms with van der Waals surface area (Å²) in [5, 5.41) is 0. The first-order valence-electron chi connectivity index (χ1n) is 6.38. The molecule has 0 N–H and O–H groups in total. The second-order valence-corrected chi connectivity index (χ2v) is 6.60. The van der Waals surface area contributed by atoms with Crippen LogP contribution < -0.4 is 4.18 Å². The molecule has 3 nitrogen and oxygen atoms in total. The first-order chi connectivity index (χ1) is 9.29. The standard InChI is InChI=1S/C16H18O3S/c1-11-5-6-13(3)16(9-11)19-20(17,18)15-8-7-12(2)14(4)10-15/h5-10H,1-4H3. The Morgan fingerprint density at radius 3 is 2.10 bits per heavy atom. The molecule has 0 spiro atoms. The Morgan fingerprint density at radius 1 is 0.800 bits per heavy atom. The number of benzene rings is 2. The molecule has 0 aliphatic carbocycles. The van der Waals surface area contributed by atoms with Crippen molar-refractivity contribution < 1.29 is 12.6 Å². The zero-order valence-electron chi connectivity index (χ0n) is 12.1. The minimum absolute atomic E-state index is 0.182. The van der Waals surface area contributed by atoms with Gasteiger partial charge in [-0.1, -0.05) is 18.2 Å². The van der Waals surface area contributed by atoms with Crippen molar-refractivity contribution in [2.45, 2.75) is 32.6 Å². The Morgan fingerprint density at radius 2 is 1.45 bits per heavy atom. The van der Waals surface area contributed by atoms with E-state index in [1.165, 1.54) is 0 Å². The van der Waals surface area contributed by atoms with Gasteiger partial charge in [0, 0.05) is 0 Å². The van der Waals surface area contributed by atoms with Gasteiger partial charge in [0.1, 0.15) is 10.6 Å². The maximum absolute atomic E-state index is 12.3. The summed E-state index contributed by atoms with van der Waals surface area (Å²) in [6.45, 7) is 7.54. The molecule has 0 fully saturated rings. The minimum Gasteiger partial charge on any atom is -0.379 e. The van der Waals surface area contributed by atoms with E-state index in [0.29, 0.717) is 5.75 Å². The second kappa shape index (κ2) is 5.29. The van der Waals surface area contributed by atoms with E-state index >= 15 is 0 Å². The Hall–Kier alpha value is -1.81. The van der Waals surface area contributed by atoms with Gasteiger partial charge in [-0.05, 0) is 68.1 Å². The van der Waals surface area contributed by atoms with Crippen molar-refractivity contribution in [3.05, 3.63) is 58.7 Å². The van der Waals surface area contributed by atoms with Gasteiger partial charge in [-0.2, -0.15) is 8.42 Å². The van der Waals surface area contributed by atoms with Crippen LogP contribution in [0, 0.1) is 27.7 Å². The largest absolute Gasteiger partial charge is 0.379 e. The van der Waals surface area contributed by atoms with E-state index in [2.05, 4.69) is 0 Å². The zero-order chi connectivity index (χ0) is 14.9. The summed E-state index contributed by atoms with van der Waals surface area (Å²) in [5.74, 6) is 0.378. The monoisotopic (exact) mass is 290 g/mol. The third-order valence-corrected chi connectivity index (χ3v) is 4.54. The third-order valence-electron chi connectivity index (χ3n) is 3.31. The lowest BCUT2D eigenvalue weighted by atomic mass is 10.1. The van der Waals surface area contributed by atoms with Gasteiger partial charge in [-0.25, -0.2) is 0 Å². The van der Waals surface area contributed by atoms with Gasteiger partial charge in [-0.3, -0.25) is 0 Å². The molecule has 2 aromatic carbocycles. The summed E-state index contributed by atoms with van der Waals surface area (Å²) in [4.78, 5) is 0.182. The summed E-state index contributed by atoms with van der Waals surface area (Å²) in [6.07, 6.45) is 0. The van der Waals surface area contributed by atoms with Gasteiger partial charge < -0.3 is 4.18 Å². The predicted octanol–water partition coefficient (Wildman–Crippen LogP) is 3.69. The van der Waals surface area contributed by atoms with Crippen LogP contribution in [-0.2, 0) is 10.1 Å². The number of hydrogen-bond acceptors (Lipinski definition) is 3. The SMILES string of the molecule is Cc1ccc(C)c(OS(=O)(=O)c2ccc(C)c(C)c2)c1. The van der Waals surface area contributed by atoms with Gasteiger partial charge >= 0.3 is 10.1 Å². The van der Waals surface area contributed by atoms with E-state index in [0.717, 1.165) is 22.3 Å². The van der Waals surface area contributed by atoms with E-state index in [1.54, 1.807) is 24.3 Å². The molecule has 2 aromatic rings. The topological polar surface area (TPSA) is 43.4 Å². The quantitative estimate of drug-likeness (QED) is 0.810. The number of hydrogen-bond donors (Lipinski definition) is 0. The van der Waals surface area contributed by atoms with Crippen molar-refractivity contribution in [3.63, 3.8) is 0 Å². The first-order valence-corrected chi connectivity index (χ1v) is 7.79. The van der Waals surface area contributed by atoms with Gasteiger partial charge in [0.15, 0.2) is 0 Å². The molecular weight excluding hydrogens is 272 g/mol. The molecule has 0 radical (unpaired) electrons. The molecule has 0 atom stereocenters. The molecule has 0 unspecified atom stereocenters. The van der Waals surface area contributed by atoms with Crippen LogP contribution in [0.4, 0.5) is 0 Å². The van der Waals surface area contributed by atoms with Crippen LogP contribution in [0.3, 0.4) is 0 Å². The molecule has 20 heavy (non-hydrogen) atoms. The lowest BCUT2D eigenvalue weighted by Gasteiger charge is -2.11. The van der Waals surface area contributed by atoms with Gasteiger partial charge in [0.05, 0.1) is 0 Å². The highest BCUT2D eigenvalue weighted by Crippen LogP contribution is 2.24. The van der Waals surface area contributed by atoms with E-state index < -0.39 is 10.1 Å². The molecule has 0 aliphatic rings. The lowest BCUT2D eigenvalue weighted by molar-refractivity contribution is 0.484. The Balaban J connectivity index is 2.40. The van der Waals surface area contributed by atoms with Crippen LogP contribution in [0.25, 0.3) is 0 Å². The van der Waals surface area contributed by atoms with Crippen molar-refractivity contribution in [2.75, 3.05) is 0 Å². The summed E-state index contributed by atoms with van der Waals surface area (Å²) >= 11 is 0. The molecule has 0 saturated heterocycles. The Kier molecular flexibility index (Phi) is 3.86. The lowest BCUT2D eigenvalue weighted by Crippen LogP contribution is -2.11. The molecule has 106 valence electrons. The van der Waals surface area contributed by atoms with E-state index in [-0.39, 0.29) is 4.90 Å². The van der Waals surface area contributed by atoms with E-state index in [4.69, 9.17) is 4.18 Å². The molecule has 4 heteroatoms. The smallest absolute Gasteiger partial charge is 0.339 e. The summed E-state index contributed by atoms with van der Waals surface area (Å²) in [7, 11) is -3.79. The molecule has 0 saturated carbocycles. The maximum atomic E-state index is 12.3. The normalized spacial score (nSPS) is 11.4. The number of rotatable bonds is 3. The van der Waals surface area contributed by atoms with Gasteiger partial charge in [-0.15, -0.1) is 0 Å². The average Bonchev–Trinajstić information content (AvgIpc) is 2.36. The average molecular weight is 290 g/mol. The van der Waals surface area contributed by atoms with Crippen LogP contribution in [0.15, 0.2) is 41.3 Å². The molecule has 2 rings (SSSR count). The highest BCUT2D eigenvalue weighted by atomic mass is 32.2. The molecule has 0 heterocycles. The Bertz CT molecular complexity index is 746. The van der Waals surface area contributed by atoms with Crippen molar-refractivity contribution in [2.24, 2.45) is 0 Å². The second-order valence-electron chi connectivity index (χ2n) is 5.05. The zero-order valence-corrected chi connectivity index (χ0v) is 12.9. The molecule has 0 bridgehead atoms. The van der Waals surface area contributed by atoms with Crippen LogP contribution in [0.2, 0.25) is 0 Å². The molecule has 0 amide bonds. The Labute approximate surface area is 120 Å². The highest BCUT2D eigenvalue weighted by molar-refractivity contribution is 7.87. The van der Waals surface area contributed by atoms with Crippen molar-refractivity contribution in [1.82, 2.24) is 0 Å². The fraction of sp³-hybridized carbons (Fsp3) is 0.250. The van der Waals surface area contributed by atoms with Gasteiger partial charge in [0.2, 0.25) is 0 Å². The van der Waals surface area contributed by atoms with Crippen LogP contribution in [0.5, 0.6) is 5.75 Å².